The lowest BCUT2D eigenvalue weighted by molar-refractivity contribution is 0.0920. The van der Waals surface area contributed by atoms with E-state index in [4.69, 9.17) is 15.3 Å². The zero-order valence-corrected chi connectivity index (χ0v) is 15.7. The SMILES string of the molecule is COc1cc2c(c(C[C@@H]3CCCN(N)[C@@H]3c3ccccc3)c1)OC(C)C2. The number of methoxy groups -OCH3 is 1. The number of rotatable bonds is 4. The molecule has 0 aliphatic carbocycles. The van der Waals surface area contributed by atoms with Crippen LogP contribution >= 0.6 is 0 Å². The normalized spacial score (nSPS) is 25.6. The minimum Gasteiger partial charge on any atom is -0.497 e. The highest BCUT2D eigenvalue weighted by atomic mass is 16.5. The summed E-state index contributed by atoms with van der Waals surface area (Å²) in [4.78, 5) is 0. The molecule has 2 aliphatic heterocycles. The summed E-state index contributed by atoms with van der Waals surface area (Å²) in [5, 5.41) is 2.02. The molecule has 4 heteroatoms. The molecule has 2 heterocycles. The number of ether oxygens (including phenoxy) is 2. The van der Waals surface area contributed by atoms with Gasteiger partial charge in [0.15, 0.2) is 0 Å². The Morgan fingerprint density at radius 1 is 1.23 bits per heavy atom. The lowest BCUT2D eigenvalue weighted by Gasteiger charge is -2.39. The van der Waals surface area contributed by atoms with Gasteiger partial charge in [0.2, 0.25) is 0 Å². The van der Waals surface area contributed by atoms with Gasteiger partial charge in [-0.1, -0.05) is 30.3 Å². The molecule has 0 amide bonds. The highest BCUT2D eigenvalue weighted by Crippen LogP contribution is 2.42. The Balaban J connectivity index is 1.66. The van der Waals surface area contributed by atoms with Gasteiger partial charge in [0.05, 0.1) is 13.2 Å². The third kappa shape index (κ3) is 3.31. The molecule has 2 N–H and O–H groups in total. The quantitative estimate of drug-likeness (QED) is 0.848. The summed E-state index contributed by atoms with van der Waals surface area (Å²) in [6.07, 6.45) is 4.45. The van der Waals surface area contributed by atoms with Crippen LogP contribution in [-0.2, 0) is 12.8 Å². The minimum absolute atomic E-state index is 0.234. The van der Waals surface area contributed by atoms with Gasteiger partial charge in [-0.15, -0.1) is 0 Å². The summed E-state index contributed by atoms with van der Waals surface area (Å²) in [7, 11) is 1.74. The lowest BCUT2D eigenvalue weighted by Crippen LogP contribution is -2.44. The first-order chi connectivity index (χ1) is 12.7. The summed E-state index contributed by atoms with van der Waals surface area (Å²) in [5.41, 5.74) is 3.82. The summed E-state index contributed by atoms with van der Waals surface area (Å²) in [6.45, 7) is 3.07. The van der Waals surface area contributed by atoms with Crippen LogP contribution in [-0.4, -0.2) is 24.8 Å². The molecule has 26 heavy (non-hydrogen) atoms. The molecule has 1 unspecified atom stereocenters. The Hall–Kier alpha value is -2.04. The van der Waals surface area contributed by atoms with Crippen LogP contribution in [0.5, 0.6) is 11.5 Å². The number of fused-ring (bicyclic) bond motifs is 1. The number of nitrogens with two attached hydrogens (primary N) is 1. The Morgan fingerprint density at radius 2 is 2.04 bits per heavy atom. The van der Waals surface area contributed by atoms with Gasteiger partial charge < -0.3 is 9.47 Å². The zero-order chi connectivity index (χ0) is 18.1. The fraction of sp³-hybridized carbons (Fsp3) is 0.455. The Kier molecular flexibility index (Phi) is 4.88. The van der Waals surface area contributed by atoms with Crippen molar-refractivity contribution in [2.75, 3.05) is 13.7 Å². The molecule has 0 saturated carbocycles. The van der Waals surface area contributed by atoms with E-state index in [1.165, 1.54) is 23.1 Å². The number of hydrogen-bond acceptors (Lipinski definition) is 4. The number of hydrogen-bond donors (Lipinski definition) is 1. The molecular formula is C22H28N2O2. The first kappa shape index (κ1) is 17.4. The minimum atomic E-state index is 0.234. The van der Waals surface area contributed by atoms with Gasteiger partial charge in [0.1, 0.15) is 17.6 Å². The fourth-order valence-corrected chi connectivity index (χ4v) is 4.56. The van der Waals surface area contributed by atoms with Gasteiger partial charge in [-0.25, -0.2) is 5.01 Å². The van der Waals surface area contributed by atoms with Crippen LogP contribution in [0.2, 0.25) is 0 Å². The second-order valence-corrected chi connectivity index (χ2v) is 7.61. The van der Waals surface area contributed by atoms with E-state index in [0.29, 0.717) is 5.92 Å². The lowest BCUT2D eigenvalue weighted by atomic mass is 9.81. The topological polar surface area (TPSA) is 47.7 Å². The van der Waals surface area contributed by atoms with E-state index in [1.54, 1.807) is 7.11 Å². The standard InChI is InChI=1S/C22H28N2O2/c1-15-11-18-13-20(25-2)14-19(22(18)26-15)12-17-9-6-10-24(23)21(17)16-7-4-3-5-8-16/h3-5,7-8,13-15,17,21H,6,9-12,23H2,1-2H3/t15?,17-,21+/m0/s1. The van der Waals surface area contributed by atoms with Gasteiger partial charge in [0.25, 0.3) is 0 Å². The van der Waals surface area contributed by atoms with E-state index < -0.39 is 0 Å². The summed E-state index contributed by atoms with van der Waals surface area (Å²) < 4.78 is 11.7. The molecule has 0 bridgehead atoms. The highest BCUT2D eigenvalue weighted by molar-refractivity contribution is 5.50. The van der Waals surface area contributed by atoms with Crippen LogP contribution in [0, 0.1) is 5.92 Å². The van der Waals surface area contributed by atoms with E-state index in [0.717, 1.165) is 37.3 Å². The average Bonchev–Trinajstić information content (AvgIpc) is 3.03. The highest BCUT2D eigenvalue weighted by Gasteiger charge is 2.33. The largest absolute Gasteiger partial charge is 0.497 e. The molecule has 2 aliphatic rings. The summed E-state index contributed by atoms with van der Waals surface area (Å²) in [5.74, 6) is 8.88. The van der Waals surface area contributed by atoms with E-state index in [-0.39, 0.29) is 12.1 Å². The third-order valence-electron chi connectivity index (χ3n) is 5.70. The maximum absolute atomic E-state index is 6.42. The second kappa shape index (κ2) is 7.29. The molecule has 0 aromatic heterocycles. The van der Waals surface area contributed by atoms with Crippen molar-refractivity contribution in [3.05, 3.63) is 59.2 Å². The summed E-state index contributed by atoms with van der Waals surface area (Å²) >= 11 is 0. The Morgan fingerprint density at radius 3 is 2.81 bits per heavy atom. The van der Waals surface area contributed by atoms with Gasteiger partial charge in [0, 0.05) is 18.5 Å². The van der Waals surface area contributed by atoms with Crippen LogP contribution in [0.4, 0.5) is 0 Å². The Bertz CT molecular complexity index is 762. The van der Waals surface area contributed by atoms with Crippen molar-refractivity contribution >= 4 is 0 Å². The monoisotopic (exact) mass is 352 g/mol. The van der Waals surface area contributed by atoms with E-state index in [1.807, 2.05) is 5.01 Å². The maximum atomic E-state index is 6.42. The molecule has 1 fully saturated rings. The van der Waals surface area contributed by atoms with Crippen molar-refractivity contribution in [1.82, 2.24) is 5.01 Å². The van der Waals surface area contributed by atoms with E-state index in [9.17, 15) is 0 Å². The maximum Gasteiger partial charge on any atom is 0.126 e. The second-order valence-electron chi connectivity index (χ2n) is 7.61. The van der Waals surface area contributed by atoms with Gasteiger partial charge in [-0.2, -0.15) is 0 Å². The first-order valence-electron chi connectivity index (χ1n) is 9.58. The van der Waals surface area contributed by atoms with Crippen molar-refractivity contribution in [2.45, 2.75) is 44.8 Å². The molecule has 138 valence electrons. The van der Waals surface area contributed by atoms with Crippen LogP contribution in [0.15, 0.2) is 42.5 Å². The molecule has 0 radical (unpaired) electrons. The van der Waals surface area contributed by atoms with Crippen LogP contribution in [0.25, 0.3) is 0 Å². The van der Waals surface area contributed by atoms with Crippen molar-refractivity contribution in [1.29, 1.82) is 0 Å². The Labute approximate surface area is 155 Å². The van der Waals surface area contributed by atoms with Crippen molar-refractivity contribution < 1.29 is 9.47 Å². The molecule has 2 aromatic carbocycles. The van der Waals surface area contributed by atoms with Crippen LogP contribution in [0.1, 0.15) is 42.5 Å². The van der Waals surface area contributed by atoms with Crippen molar-refractivity contribution in [3.8, 4) is 11.5 Å². The molecule has 1 saturated heterocycles. The first-order valence-corrected chi connectivity index (χ1v) is 9.58. The van der Waals surface area contributed by atoms with Crippen LogP contribution < -0.4 is 15.3 Å². The number of benzene rings is 2. The number of hydrazine groups is 1. The predicted molar refractivity (Wildman–Crippen MR) is 103 cm³/mol. The molecule has 2 aromatic rings. The third-order valence-corrected chi connectivity index (χ3v) is 5.70. The molecule has 0 spiro atoms. The number of piperidine rings is 1. The average molecular weight is 352 g/mol. The van der Waals surface area contributed by atoms with Crippen molar-refractivity contribution in [2.24, 2.45) is 11.8 Å². The van der Waals surface area contributed by atoms with Gasteiger partial charge in [-0.3, -0.25) is 5.84 Å². The number of nitrogens with zero attached hydrogens (tertiary/aromatic N) is 1. The smallest absolute Gasteiger partial charge is 0.126 e. The molecular weight excluding hydrogens is 324 g/mol. The fourth-order valence-electron chi connectivity index (χ4n) is 4.56. The molecule has 4 rings (SSSR count). The van der Waals surface area contributed by atoms with E-state index >= 15 is 0 Å². The summed E-state index contributed by atoms with van der Waals surface area (Å²) in [6, 6.07) is 15.2. The zero-order valence-electron chi connectivity index (χ0n) is 15.7. The van der Waals surface area contributed by atoms with Gasteiger partial charge in [-0.05, 0) is 55.4 Å². The van der Waals surface area contributed by atoms with Gasteiger partial charge >= 0.3 is 0 Å². The van der Waals surface area contributed by atoms with E-state index in [2.05, 4.69) is 49.4 Å². The molecule has 3 atom stereocenters. The predicted octanol–water partition coefficient (Wildman–Crippen LogP) is 3.89. The van der Waals surface area contributed by atoms with Crippen LogP contribution in [0.3, 0.4) is 0 Å². The molecule has 4 nitrogen and oxygen atoms in total. The van der Waals surface area contributed by atoms with Crippen molar-refractivity contribution in [3.63, 3.8) is 0 Å².